The highest BCUT2D eigenvalue weighted by atomic mass is 32.2. The Morgan fingerprint density at radius 1 is 1.60 bits per heavy atom. The van der Waals surface area contributed by atoms with Gasteiger partial charge in [-0.3, -0.25) is 0 Å². The van der Waals surface area contributed by atoms with Crippen molar-refractivity contribution in [2.75, 3.05) is 6.26 Å². The maximum atomic E-state index is 6.64. The Balaban J connectivity index is 2.19. The summed E-state index contributed by atoms with van der Waals surface area (Å²) >= 11 is 6.75. The molecule has 0 radical (unpaired) electrons. The van der Waals surface area contributed by atoms with Gasteiger partial charge in [0, 0.05) is 5.92 Å². The Labute approximate surface area is 133 Å². The normalized spacial score (nSPS) is 35.3. The third kappa shape index (κ3) is 2.91. The van der Waals surface area contributed by atoms with Gasteiger partial charge in [0.1, 0.15) is 11.7 Å². The first-order valence-electron chi connectivity index (χ1n) is 7.09. The van der Waals surface area contributed by atoms with Gasteiger partial charge in [0.2, 0.25) is 4.38 Å². The Kier molecular flexibility index (Phi) is 4.84. The van der Waals surface area contributed by atoms with E-state index in [1.165, 1.54) is 11.8 Å². The zero-order valence-electron chi connectivity index (χ0n) is 12.7. The molecule has 0 unspecified atom stereocenters. The highest BCUT2D eigenvalue weighted by molar-refractivity contribution is 8.22. The monoisotopic (exact) mass is 328 g/mol. The van der Waals surface area contributed by atoms with Crippen LogP contribution in [0.2, 0.25) is 19.1 Å². The Bertz CT molecular complexity index is 436. The molecule has 1 saturated carbocycles. The molecule has 4 atom stereocenters. The second kappa shape index (κ2) is 5.95. The van der Waals surface area contributed by atoms with Crippen molar-refractivity contribution in [1.82, 2.24) is 0 Å². The van der Waals surface area contributed by atoms with Gasteiger partial charge < -0.3 is 9.16 Å². The molecule has 2 nitrogen and oxygen atoms in total. The molecule has 2 rings (SSSR count). The number of thioether (sulfide) groups is 1. The van der Waals surface area contributed by atoms with Crippen LogP contribution in [-0.2, 0) is 9.16 Å². The van der Waals surface area contributed by atoms with Crippen molar-refractivity contribution in [3.8, 4) is 0 Å². The van der Waals surface area contributed by atoms with Gasteiger partial charge in [-0.05, 0) is 50.0 Å². The fraction of sp³-hybridized carbons (Fsp3) is 0.667. The van der Waals surface area contributed by atoms with Crippen LogP contribution in [0.5, 0.6) is 0 Å². The van der Waals surface area contributed by atoms with Crippen molar-refractivity contribution in [3.63, 3.8) is 0 Å². The molecule has 0 amide bonds. The molecule has 0 saturated heterocycles. The summed E-state index contributed by atoms with van der Waals surface area (Å²) < 4.78 is 13.3. The van der Waals surface area contributed by atoms with E-state index in [0.717, 1.165) is 12.5 Å². The van der Waals surface area contributed by atoms with E-state index in [-0.39, 0.29) is 11.7 Å². The molecule has 0 aromatic rings. The molecule has 20 heavy (non-hydrogen) atoms. The number of fused-ring (bicyclic) bond motifs is 1. The maximum absolute atomic E-state index is 6.64. The lowest BCUT2D eigenvalue weighted by atomic mass is 9.79. The van der Waals surface area contributed by atoms with Crippen LogP contribution >= 0.6 is 24.0 Å². The quantitative estimate of drug-likeness (QED) is 0.423. The minimum Gasteiger partial charge on any atom is -0.472 e. The van der Waals surface area contributed by atoms with Crippen LogP contribution in [0.15, 0.2) is 24.8 Å². The van der Waals surface area contributed by atoms with Gasteiger partial charge in [-0.25, -0.2) is 0 Å². The lowest BCUT2D eigenvalue weighted by molar-refractivity contribution is -0.0325. The van der Waals surface area contributed by atoms with Crippen molar-refractivity contribution in [2.24, 2.45) is 11.8 Å². The zero-order valence-corrected chi connectivity index (χ0v) is 15.4. The topological polar surface area (TPSA) is 18.5 Å². The summed E-state index contributed by atoms with van der Waals surface area (Å²) in [5.41, 5.74) is -0.252. The van der Waals surface area contributed by atoms with Crippen molar-refractivity contribution in [1.29, 1.82) is 0 Å². The van der Waals surface area contributed by atoms with E-state index in [9.17, 15) is 0 Å². The van der Waals surface area contributed by atoms with Crippen LogP contribution in [-0.4, -0.2) is 30.7 Å². The number of ether oxygens (including phenoxy) is 1. The molecule has 0 aromatic carbocycles. The van der Waals surface area contributed by atoms with Crippen LogP contribution in [0.3, 0.4) is 0 Å². The predicted octanol–water partition coefficient (Wildman–Crippen LogP) is 4.39. The standard InChI is InChI=1S/C15H24O2S2Si/c1-6-9-20(4,5)17-15-8-7-12(15)10-11(2)13(15)16-14(18)19-3/h6-8,11-13H,1,9-10H2,2-5H3/t11-,12-,13-,15+/m1/s1. The van der Waals surface area contributed by atoms with Gasteiger partial charge in [0.25, 0.3) is 0 Å². The molecule has 0 spiro atoms. The van der Waals surface area contributed by atoms with Crippen molar-refractivity contribution < 1.29 is 9.16 Å². The Hall–Kier alpha value is -0.103. The Morgan fingerprint density at radius 3 is 2.80 bits per heavy atom. The lowest BCUT2D eigenvalue weighted by Gasteiger charge is -2.47. The fourth-order valence-electron chi connectivity index (χ4n) is 3.36. The number of hydrogen-bond donors (Lipinski definition) is 0. The minimum atomic E-state index is -1.76. The highest BCUT2D eigenvalue weighted by Gasteiger charge is 2.59. The average molecular weight is 329 g/mol. The first-order valence-corrected chi connectivity index (χ1v) is 11.8. The summed E-state index contributed by atoms with van der Waals surface area (Å²) in [6.45, 7) is 10.6. The molecule has 2 aliphatic rings. The second-order valence-electron chi connectivity index (χ2n) is 6.38. The zero-order chi connectivity index (χ0) is 15.0. The van der Waals surface area contributed by atoms with E-state index in [4.69, 9.17) is 21.4 Å². The summed E-state index contributed by atoms with van der Waals surface area (Å²) in [5.74, 6) is 0.942. The molecule has 112 valence electrons. The van der Waals surface area contributed by atoms with Crippen molar-refractivity contribution in [2.45, 2.75) is 44.2 Å². The fourth-order valence-corrected chi connectivity index (χ4v) is 5.73. The summed E-state index contributed by atoms with van der Waals surface area (Å²) in [4.78, 5) is 0. The van der Waals surface area contributed by atoms with Gasteiger partial charge in [-0.15, -0.1) is 6.58 Å². The van der Waals surface area contributed by atoms with Gasteiger partial charge in [-0.2, -0.15) is 0 Å². The predicted molar refractivity (Wildman–Crippen MR) is 93.7 cm³/mol. The van der Waals surface area contributed by atoms with E-state index in [0.29, 0.717) is 16.2 Å². The number of thiocarbonyl (C=S) groups is 1. The first kappa shape index (κ1) is 16.3. The largest absolute Gasteiger partial charge is 0.472 e. The van der Waals surface area contributed by atoms with Crippen LogP contribution in [0, 0.1) is 11.8 Å². The third-order valence-electron chi connectivity index (χ3n) is 4.23. The van der Waals surface area contributed by atoms with Crippen molar-refractivity contribution in [3.05, 3.63) is 24.8 Å². The average Bonchev–Trinajstić information content (AvgIpc) is 2.52. The Morgan fingerprint density at radius 2 is 2.30 bits per heavy atom. The molecule has 5 heteroatoms. The minimum absolute atomic E-state index is 0.0500. The maximum Gasteiger partial charge on any atom is 0.220 e. The SMILES string of the molecule is C=CC[Si](C)(C)O[C@@]12C=C[C@@H]1C[C@@H](C)[C@H]2OC(=S)SC. The smallest absolute Gasteiger partial charge is 0.220 e. The molecular weight excluding hydrogens is 304 g/mol. The van der Waals surface area contributed by atoms with E-state index in [1.54, 1.807) is 0 Å². The number of rotatable bonds is 5. The summed E-state index contributed by atoms with van der Waals surface area (Å²) in [5, 5.41) is 0. The third-order valence-corrected chi connectivity index (χ3v) is 7.44. The van der Waals surface area contributed by atoms with Gasteiger partial charge in [0.05, 0.1) is 0 Å². The van der Waals surface area contributed by atoms with Crippen LogP contribution in [0.25, 0.3) is 0 Å². The van der Waals surface area contributed by atoms with Crippen LogP contribution in [0.4, 0.5) is 0 Å². The molecule has 0 N–H and O–H groups in total. The lowest BCUT2D eigenvalue weighted by Crippen LogP contribution is -2.56. The highest BCUT2D eigenvalue weighted by Crippen LogP contribution is 2.53. The van der Waals surface area contributed by atoms with E-state index in [1.807, 2.05) is 12.3 Å². The second-order valence-corrected chi connectivity index (χ2v) is 11.9. The first-order chi connectivity index (χ1) is 9.34. The molecular formula is C15H24O2S2Si. The molecule has 0 aromatic heterocycles. The summed E-state index contributed by atoms with van der Waals surface area (Å²) in [6.07, 6.45) is 9.57. The molecule has 0 heterocycles. The molecule has 1 fully saturated rings. The van der Waals surface area contributed by atoms with Gasteiger partial charge in [0.15, 0.2) is 8.32 Å². The van der Waals surface area contributed by atoms with Crippen molar-refractivity contribution >= 4 is 36.7 Å². The van der Waals surface area contributed by atoms with E-state index in [2.05, 4.69) is 38.7 Å². The summed E-state index contributed by atoms with van der Waals surface area (Å²) in [6, 6.07) is 0.962. The van der Waals surface area contributed by atoms with E-state index < -0.39 is 8.32 Å². The number of allylic oxidation sites excluding steroid dienone is 1. The number of hydrogen-bond acceptors (Lipinski definition) is 4. The molecule has 0 aliphatic heterocycles. The van der Waals surface area contributed by atoms with Gasteiger partial charge >= 0.3 is 0 Å². The summed E-state index contributed by atoms with van der Waals surface area (Å²) in [7, 11) is -1.76. The molecule has 0 bridgehead atoms. The van der Waals surface area contributed by atoms with Crippen LogP contribution in [0.1, 0.15) is 13.3 Å². The van der Waals surface area contributed by atoms with Crippen LogP contribution < -0.4 is 0 Å². The van der Waals surface area contributed by atoms with Gasteiger partial charge in [-0.1, -0.05) is 36.9 Å². The molecule has 2 aliphatic carbocycles. The van der Waals surface area contributed by atoms with E-state index >= 15 is 0 Å².